The highest BCUT2D eigenvalue weighted by atomic mass is 16.5. The lowest BCUT2D eigenvalue weighted by Gasteiger charge is -2.22. The Morgan fingerprint density at radius 3 is 2.46 bits per heavy atom. The average Bonchev–Trinajstić information content (AvgIpc) is 3.36. The summed E-state index contributed by atoms with van der Waals surface area (Å²) in [5.74, 6) is 0.677. The van der Waals surface area contributed by atoms with Gasteiger partial charge in [0.25, 0.3) is 0 Å². The van der Waals surface area contributed by atoms with E-state index in [9.17, 15) is 9.59 Å². The number of benzene rings is 3. The molecule has 3 aromatic carbocycles. The van der Waals surface area contributed by atoms with Gasteiger partial charge in [0, 0.05) is 54.2 Å². The van der Waals surface area contributed by atoms with Crippen LogP contribution in [-0.4, -0.2) is 44.1 Å². The number of methoxy groups -OCH3 is 2. The van der Waals surface area contributed by atoms with Gasteiger partial charge in [-0.2, -0.15) is 0 Å². The number of aromatic amines is 1. The van der Waals surface area contributed by atoms with Crippen LogP contribution in [0.4, 0.5) is 0 Å². The van der Waals surface area contributed by atoms with Gasteiger partial charge in [-0.15, -0.1) is 0 Å². The van der Waals surface area contributed by atoms with Crippen LogP contribution in [0.15, 0.2) is 85.1 Å². The molecule has 0 aliphatic heterocycles. The molecule has 0 saturated heterocycles. The number of amides is 2. The van der Waals surface area contributed by atoms with Crippen LogP contribution < -0.4 is 20.1 Å². The second-order valence-corrected chi connectivity index (χ2v) is 8.51. The zero-order chi connectivity index (χ0) is 26.0. The lowest BCUT2D eigenvalue weighted by Crippen LogP contribution is -2.32. The molecule has 37 heavy (non-hydrogen) atoms. The van der Waals surface area contributed by atoms with Crippen LogP contribution in [0.25, 0.3) is 17.0 Å². The van der Waals surface area contributed by atoms with Gasteiger partial charge in [-0.1, -0.05) is 60.7 Å². The monoisotopic (exact) mass is 497 g/mol. The quantitative estimate of drug-likeness (QED) is 0.263. The molecule has 2 amide bonds. The molecule has 4 rings (SSSR count). The summed E-state index contributed by atoms with van der Waals surface area (Å²) < 4.78 is 11.2. The Hall–Kier alpha value is -4.52. The first kappa shape index (κ1) is 25.6. The number of para-hydroxylation sites is 2. The summed E-state index contributed by atoms with van der Waals surface area (Å²) in [6.45, 7) is 0.593. The first-order valence-electron chi connectivity index (χ1n) is 12.1. The Kier molecular flexibility index (Phi) is 8.60. The van der Waals surface area contributed by atoms with Crippen molar-refractivity contribution in [3.05, 3.63) is 102 Å². The molecule has 3 N–H and O–H groups in total. The highest BCUT2D eigenvalue weighted by molar-refractivity contribution is 5.92. The molecule has 7 nitrogen and oxygen atoms in total. The van der Waals surface area contributed by atoms with Crippen LogP contribution in [0.1, 0.15) is 29.0 Å². The zero-order valence-corrected chi connectivity index (χ0v) is 21.0. The van der Waals surface area contributed by atoms with Crippen molar-refractivity contribution in [3.63, 3.8) is 0 Å². The van der Waals surface area contributed by atoms with E-state index in [2.05, 4.69) is 21.7 Å². The molecular formula is C30H31N3O4. The highest BCUT2D eigenvalue weighted by Crippen LogP contribution is 2.40. The standard InChI is InChI=1S/C30H31N3O4/c1-36-27-14-8-12-23(30(27)37-2)25(24-19-32-26-13-7-6-11-22(24)26)20-33-29(35)17-18-31-28(34)16-15-21-9-4-3-5-10-21/h3-16,19,25,32H,17-18,20H2,1-2H3,(H,31,34)(H,33,35). The number of hydrogen-bond acceptors (Lipinski definition) is 4. The minimum Gasteiger partial charge on any atom is -0.493 e. The van der Waals surface area contributed by atoms with E-state index in [4.69, 9.17) is 9.47 Å². The van der Waals surface area contributed by atoms with Gasteiger partial charge in [-0.05, 0) is 29.3 Å². The fraction of sp³-hybridized carbons (Fsp3) is 0.200. The average molecular weight is 498 g/mol. The molecule has 4 aromatic rings. The second kappa shape index (κ2) is 12.4. The van der Waals surface area contributed by atoms with Gasteiger partial charge in [0.05, 0.1) is 14.2 Å². The zero-order valence-electron chi connectivity index (χ0n) is 21.0. The Morgan fingerprint density at radius 2 is 1.68 bits per heavy atom. The van der Waals surface area contributed by atoms with Crippen LogP contribution >= 0.6 is 0 Å². The molecule has 0 aliphatic rings. The van der Waals surface area contributed by atoms with Crippen LogP contribution in [0.2, 0.25) is 0 Å². The summed E-state index contributed by atoms with van der Waals surface area (Å²) in [5.41, 5.74) is 3.90. The summed E-state index contributed by atoms with van der Waals surface area (Å²) in [5, 5.41) is 6.87. The Bertz CT molecular complexity index is 1380. The first-order chi connectivity index (χ1) is 18.1. The number of hydrogen-bond donors (Lipinski definition) is 3. The minimum atomic E-state index is -0.241. The molecule has 0 bridgehead atoms. The second-order valence-electron chi connectivity index (χ2n) is 8.51. The SMILES string of the molecule is COc1cccc(C(CNC(=O)CCNC(=O)C=Cc2ccccc2)c2c[nH]c3ccccc23)c1OC. The van der Waals surface area contributed by atoms with Gasteiger partial charge in [0.2, 0.25) is 11.8 Å². The van der Waals surface area contributed by atoms with E-state index in [1.54, 1.807) is 20.3 Å². The first-order valence-corrected chi connectivity index (χ1v) is 12.1. The molecule has 0 saturated carbocycles. The molecule has 1 atom stereocenters. The van der Waals surface area contributed by atoms with E-state index in [0.717, 1.165) is 27.6 Å². The predicted molar refractivity (Wildman–Crippen MR) is 146 cm³/mol. The third kappa shape index (κ3) is 6.38. The van der Waals surface area contributed by atoms with Gasteiger partial charge >= 0.3 is 0 Å². The van der Waals surface area contributed by atoms with Crippen molar-refractivity contribution in [1.82, 2.24) is 15.6 Å². The van der Waals surface area contributed by atoms with Crippen molar-refractivity contribution in [2.24, 2.45) is 0 Å². The molecule has 0 aliphatic carbocycles. The molecule has 7 heteroatoms. The third-order valence-electron chi connectivity index (χ3n) is 6.19. The summed E-state index contributed by atoms with van der Waals surface area (Å²) in [6, 6.07) is 23.4. The largest absolute Gasteiger partial charge is 0.493 e. The van der Waals surface area contributed by atoms with E-state index in [1.165, 1.54) is 6.08 Å². The van der Waals surface area contributed by atoms with Crippen molar-refractivity contribution in [1.29, 1.82) is 0 Å². The molecule has 0 fully saturated rings. The van der Waals surface area contributed by atoms with Gasteiger partial charge in [0.15, 0.2) is 11.5 Å². The normalized spacial score (nSPS) is 11.8. The van der Waals surface area contributed by atoms with Crippen LogP contribution in [0.3, 0.4) is 0 Å². The van der Waals surface area contributed by atoms with Crippen LogP contribution in [0, 0.1) is 0 Å². The van der Waals surface area contributed by atoms with Crippen LogP contribution in [-0.2, 0) is 9.59 Å². The topological polar surface area (TPSA) is 92.5 Å². The van der Waals surface area contributed by atoms with E-state index >= 15 is 0 Å². The number of carbonyl (C=O) groups excluding carboxylic acids is 2. The van der Waals surface area contributed by atoms with Crippen molar-refractivity contribution in [2.45, 2.75) is 12.3 Å². The molecule has 1 heterocycles. The number of H-pyrrole nitrogens is 1. The summed E-state index contributed by atoms with van der Waals surface area (Å²) >= 11 is 0. The highest BCUT2D eigenvalue weighted by Gasteiger charge is 2.24. The minimum absolute atomic E-state index is 0.154. The summed E-state index contributed by atoms with van der Waals surface area (Å²) in [7, 11) is 3.22. The molecular weight excluding hydrogens is 466 g/mol. The number of fused-ring (bicyclic) bond motifs is 1. The van der Waals surface area contributed by atoms with E-state index in [0.29, 0.717) is 18.0 Å². The fourth-order valence-electron chi connectivity index (χ4n) is 4.35. The van der Waals surface area contributed by atoms with E-state index in [1.807, 2.05) is 72.9 Å². The van der Waals surface area contributed by atoms with Gasteiger partial charge in [-0.25, -0.2) is 0 Å². The number of carbonyl (C=O) groups is 2. The smallest absolute Gasteiger partial charge is 0.244 e. The fourth-order valence-corrected chi connectivity index (χ4v) is 4.35. The van der Waals surface area contributed by atoms with Gasteiger partial charge in [0.1, 0.15) is 0 Å². The van der Waals surface area contributed by atoms with Crippen LogP contribution in [0.5, 0.6) is 11.5 Å². The lowest BCUT2D eigenvalue weighted by molar-refractivity contribution is -0.121. The maximum atomic E-state index is 12.7. The van der Waals surface area contributed by atoms with Crippen molar-refractivity contribution >= 4 is 28.8 Å². The number of nitrogens with one attached hydrogen (secondary N) is 3. The summed E-state index contributed by atoms with van der Waals surface area (Å²) in [4.78, 5) is 28.1. The maximum Gasteiger partial charge on any atom is 0.244 e. The number of aromatic nitrogens is 1. The molecule has 0 spiro atoms. The van der Waals surface area contributed by atoms with E-state index < -0.39 is 0 Å². The Balaban J connectivity index is 1.43. The number of ether oxygens (including phenoxy) is 2. The third-order valence-corrected chi connectivity index (χ3v) is 6.19. The predicted octanol–water partition coefficient (Wildman–Crippen LogP) is 4.65. The molecule has 1 aromatic heterocycles. The van der Waals surface area contributed by atoms with Crippen molar-refractivity contribution in [3.8, 4) is 11.5 Å². The lowest BCUT2D eigenvalue weighted by atomic mass is 9.89. The molecule has 0 radical (unpaired) electrons. The van der Waals surface area contributed by atoms with Gasteiger partial charge in [-0.3, -0.25) is 9.59 Å². The van der Waals surface area contributed by atoms with Crippen molar-refractivity contribution in [2.75, 3.05) is 27.3 Å². The van der Waals surface area contributed by atoms with Gasteiger partial charge < -0.3 is 25.1 Å². The van der Waals surface area contributed by atoms with E-state index in [-0.39, 0.29) is 30.7 Å². The molecule has 190 valence electrons. The Morgan fingerprint density at radius 1 is 0.892 bits per heavy atom. The Labute approximate surface area is 216 Å². The molecule has 1 unspecified atom stereocenters. The summed E-state index contributed by atoms with van der Waals surface area (Å²) in [6.07, 6.45) is 5.35. The number of rotatable bonds is 11. The maximum absolute atomic E-state index is 12.7. The van der Waals surface area contributed by atoms with Crippen molar-refractivity contribution < 1.29 is 19.1 Å².